The number of hydrogen-bond acceptors (Lipinski definition) is 6. The lowest BCUT2D eigenvalue weighted by Crippen LogP contribution is -2.55. The number of aromatic nitrogens is 2. The molecule has 0 fully saturated rings. The standard InChI is InChI=1S/C22H32N4O3S/c1-9-29-20(28)16-14-11-21(5,6)25-22(7,8)17(14)30-19(16)23-18(27)15-10-13(4)26(24-15)12(2)3/h10,12,25H,9,11H2,1-8H3,(H,23,27). The number of esters is 1. The van der Waals surface area contributed by atoms with Crippen LogP contribution in [-0.2, 0) is 16.7 Å². The van der Waals surface area contributed by atoms with Gasteiger partial charge in [0.1, 0.15) is 5.00 Å². The summed E-state index contributed by atoms with van der Waals surface area (Å²) in [5.74, 6) is -0.727. The largest absolute Gasteiger partial charge is 0.462 e. The Bertz CT molecular complexity index is 985. The third kappa shape index (κ3) is 4.16. The molecule has 164 valence electrons. The Labute approximate surface area is 182 Å². The second-order valence-electron chi connectivity index (χ2n) is 9.31. The zero-order valence-corrected chi connectivity index (χ0v) is 19.9. The Kier molecular flexibility index (Phi) is 5.86. The van der Waals surface area contributed by atoms with E-state index in [0.717, 1.165) is 16.1 Å². The van der Waals surface area contributed by atoms with Crippen molar-refractivity contribution in [2.24, 2.45) is 0 Å². The molecule has 0 saturated heterocycles. The molecule has 0 radical (unpaired) electrons. The number of nitrogens with one attached hydrogen (secondary N) is 2. The molecule has 1 amide bonds. The number of fused-ring (bicyclic) bond motifs is 1. The van der Waals surface area contributed by atoms with Gasteiger partial charge >= 0.3 is 5.97 Å². The molecule has 2 N–H and O–H groups in total. The van der Waals surface area contributed by atoms with Crippen molar-refractivity contribution in [2.75, 3.05) is 11.9 Å². The number of hydrogen-bond donors (Lipinski definition) is 2. The zero-order chi connectivity index (χ0) is 22.4. The lowest BCUT2D eigenvalue weighted by atomic mass is 9.81. The van der Waals surface area contributed by atoms with Crippen LogP contribution in [-0.4, -0.2) is 33.8 Å². The summed E-state index contributed by atoms with van der Waals surface area (Å²) in [6.07, 6.45) is 0.674. The lowest BCUT2D eigenvalue weighted by molar-refractivity contribution is 0.0525. The van der Waals surface area contributed by atoms with Gasteiger partial charge in [-0.05, 0) is 73.4 Å². The van der Waals surface area contributed by atoms with E-state index >= 15 is 0 Å². The topological polar surface area (TPSA) is 85.2 Å². The summed E-state index contributed by atoms with van der Waals surface area (Å²) >= 11 is 1.43. The first kappa shape index (κ1) is 22.5. The minimum absolute atomic E-state index is 0.157. The first-order valence-corrected chi connectivity index (χ1v) is 11.2. The van der Waals surface area contributed by atoms with E-state index in [1.807, 2.05) is 25.5 Å². The Morgan fingerprint density at radius 3 is 2.57 bits per heavy atom. The number of carbonyl (C=O) groups excluding carboxylic acids is 2. The van der Waals surface area contributed by atoms with E-state index < -0.39 is 5.97 Å². The predicted molar refractivity (Wildman–Crippen MR) is 120 cm³/mol. The summed E-state index contributed by atoms with van der Waals surface area (Å²) in [6, 6.07) is 1.92. The molecular weight excluding hydrogens is 400 g/mol. The number of anilines is 1. The summed E-state index contributed by atoms with van der Waals surface area (Å²) in [5.41, 5.74) is 2.15. The Morgan fingerprint density at radius 1 is 1.33 bits per heavy atom. The minimum Gasteiger partial charge on any atom is -0.462 e. The monoisotopic (exact) mass is 432 g/mol. The number of carbonyl (C=O) groups is 2. The van der Waals surface area contributed by atoms with Crippen LogP contribution in [0, 0.1) is 6.92 Å². The second kappa shape index (κ2) is 7.81. The van der Waals surface area contributed by atoms with Gasteiger partial charge in [0, 0.05) is 27.7 Å². The van der Waals surface area contributed by atoms with Crippen LogP contribution >= 0.6 is 11.3 Å². The second-order valence-corrected chi connectivity index (χ2v) is 10.3. The summed E-state index contributed by atoms with van der Waals surface area (Å²) in [7, 11) is 0. The highest BCUT2D eigenvalue weighted by Gasteiger charge is 2.42. The van der Waals surface area contributed by atoms with Gasteiger partial charge in [-0.3, -0.25) is 9.48 Å². The molecule has 0 bridgehead atoms. The van der Waals surface area contributed by atoms with Crippen molar-refractivity contribution in [1.82, 2.24) is 15.1 Å². The molecule has 30 heavy (non-hydrogen) atoms. The SMILES string of the molecule is CCOC(=O)c1c(NC(=O)c2cc(C)n(C(C)C)n2)sc2c1CC(C)(C)NC2(C)C. The van der Waals surface area contributed by atoms with Crippen molar-refractivity contribution in [3.63, 3.8) is 0 Å². The maximum absolute atomic E-state index is 13.0. The molecule has 0 saturated carbocycles. The van der Waals surface area contributed by atoms with E-state index in [2.05, 4.69) is 43.4 Å². The molecule has 2 aromatic rings. The Balaban J connectivity index is 2.04. The van der Waals surface area contributed by atoms with Crippen molar-refractivity contribution >= 4 is 28.2 Å². The third-order valence-electron chi connectivity index (χ3n) is 5.20. The number of nitrogens with zero attached hydrogens (tertiary/aromatic N) is 2. The van der Waals surface area contributed by atoms with Crippen molar-refractivity contribution in [3.05, 3.63) is 33.5 Å². The molecule has 0 atom stereocenters. The molecule has 1 aliphatic heterocycles. The molecular formula is C22H32N4O3S. The van der Waals surface area contributed by atoms with Gasteiger partial charge in [0.15, 0.2) is 5.69 Å². The van der Waals surface area contributed by atoms with Crippen molar-refractivity contribution in [1.29, 1.82) is 0 Å². The van der Waals surface area contributed by atoms with E-state index in [4.69, 9.17) is 4.74 Å². The maximum atomic E-state index is 13.0. The average molecular weight is 433 g/mol. The number of aryl methyl sites for hydroxylation is 1. The average Bonchev–Trinajstić information content (AvgIpc) is 3.14. The van der Waals surface area contributed by atoms with Gasteiger partial charge in [-0.2, -0.15) is 5.10 Å². The smallest absolute Gasteiger partial charge is 0.341 e. The summed E-state index contributed by atoms with van der Waals surface area (Å²) in [5, 5.41) is 11.5. The summed E-state index contributed by atoms with van der Waals surface area (Å²) < 4.78 is 7.16. The molecule has 1 aliphatic rings. The number of ether oxygens (including phenoxy) is 1. The van der Waals surface area contributed by atoms with Gasteiger partial charge in [0.25, 0.3) is 5.91 Å². The third-order valence-corrected chi connectivity index (χ3v) is 6.67. The lowest BCUT2D eigenvalue weighted by Gasteiger charge is -2.42. The molecule has 3 rings (SSSR count). The zero-order valence-electron chi connectivity index (χ0n) is 19.1. The van der Waals surface area contributed by atoms with Crippen LogP contribution in [0.2, 0.25) is 0 Å². The van der Waals surface area contributed by atoms with Gasteiger partial charge in [0.05, 0.1) is 12.2 Å². The van der Waals surface area contributed by atoms with Crippen LogP contribution in [0.3, 0.4) is 0 Å². The molecule has 8 heteroatoms. The normalized spacial score (nSPS) is 17.0. The van der Waals surface area contributed by atoms with E-state index in [1.165, 1.54) is 11.3 Å². The van der Waals surface area contributed by atoms with Gasteiger partial charge in [0.2, 0.25) is 0 Å². The quantitative estimate of drug-likeness (QED) is 0.683. The number of amides is 1. The van der Waals surface area contributed by atoms with Crippen molar-refractivity contribution in [3.8, 4) is 0 Å². The number of rotatable bonds is 5. The molecule has 7 nitrogen and oxygen atoms in total. The van der Waals surface area contributed by atoms with E-state index in [9.17, 15) is 9.59 Å². The molecule has 0 aromatic carbocycles. The summed E-state index contributed by atoms with van der Waals surface area (Å²) in [6.45, 7) is 16.4. The van der Waals surface area contributed by atoms with E-state index in [1.54, 1.807) is 13.0 Å². The van der Waals surface area contributed by atoms with Crippen LogP contribution in [0.1, 0.15) is 91.5 Å². The molecule has 3 heterocycles. The first-order chi connectivity index (χ1) is 13.9. The summed E-state index contributed by atoms with van der Waals surface area (Å²) in [4.78, 5) is 26.9. The van der Waals surface area contributed by atoms with Gasteiger partial charge in [-0.15, -0.1) is 11.3 Å². The number of thiophene rings is 1. The molecule has 0 spiro atoms. The highest BCUT2D eigenvalue weighted by atomic mass is 32.1. The van der Waals surface area contributed by atoms with Crippen LogP contribution in [0.15, 0.2) is 6.07 Å². The molecule has 0 aliphatic carbocycles. The van der Waals surface area contributed by atoms with Crippen LogP contribution < -0.4 is 10.6 Å². The minimum atomic E-state index is -0.400. The Hall–Kier alpha value is -2.19. The first-order valence-electron chi connectivity index (χ1n) is 10.4. The fraction of sp³-hybridized carbons (Fsp3) is 0.591. The van der Waals surface area contributed by atoms with Crippen molar-refractivity contribution < 1.29 is 14.3 Å². The fourth-order valence-electron chi connectivity index (χ4n) is 4.32. The van der Waals surface area contributed by atoms with Crippen LogP contribution in [0.4, 0.5) is 5.00 Å². The van der Waals surface area contributed by atoms with E-state index in [0.29, 0.717) is 22.7 Å². The van der Waals surface area contributed by atoms with Gasteiger partial charge in [-0.25, -0.2) is 4.79 Å². The van der Waals surface area contributed by atoms with E-state index in [-0.39, 0.29) is 29.6 Å². The highest BCUT2D eigenvalue weighted by Crippen LogP contribution is 2.45. The predicted octanol–water partition coefficient (Wildman–Crippen LogP) is 4.42. The van der Waals surface area contributed by atoms with Gasteiger partial charge in [-0.1, -0.05) is 0 Å². The Morgan fingerprint density at radius 2 is 2.00 bits per heavy atom. The molecule has 2 aromatic heterocycles. The van der Waals surface area contributed by atoms with Crippen LogP contribution in [0.25, 0.3) is 0 Å². The highest BCUT2D eigenvalue weighted by molar-refractivity contribution is 7.17. The van der Waals surface area contributed by atoms with Crippen molar-refractivity contribution in [2.45, 2.75) is 78.9 Å². The fourth-order valence-corrected chi connectivity index (χ4v) is 5.58. The van der Waals surface area contributed by atoms with Gasteiger partial charge < -0.3 is 15.4 Å². The van der Waals surface area contributed by atoms with Crippen LogP contribution in [0.5, 0.6) is 0 Å². The molecule has 0 unspecified atom stereocenters. The maximum Gasteiger partial charge on any atom is 0.341 e.